The Labute approximate surface area is 431 Å². The van der Waals surface area contributed by atoms with Gasteiger partial charge in [0.05, 0.1) is 6.61 Å². The molecule has 0 saturated carbocycles. The van der Waals surface area contributed by atoms with Gasteiger partial charge in [-0.25, -0.2) is 0 Å². The summed E-state index contributed by atoms with van der Waals surface area (Å²) in [5.41, 5.74) is 0. The lowest BCUT2D eigenvalue weighted by atomic mass is 9.95. The zero-order valence-corrected chi connectivity index (χ0v) is 47.8. The van der Waals surface area contributed by atoms with Gasteiger partial charge in [-0.3, -0.25) is 14.4 Å². The van der Waals surface area contributed by atoms with Crippen LogP contribution in [0.3, 0.4) is 0 Å². The highest BCUT2D eigenvalue weighted by Gasteiger charge is 2.23. The van der Waals surface area contributed by atoms with Crippen LogP contribution in [0.5, 0.6) is 0 Å². The fourth-order valence-corrected chi connectivity index (χ4v) is 10.2. The molecule has 0 fully saturated rings. The fourth-order valence-electron chi connectivity index (χ4n) is 10.2. The summed E-state index contributed by atoms with van der Waals surface area (Å²) in [4.78, 5) is 44.2. The molecule has 1 amide bonds. The van der Waals surface area contributed by atoms with Crippen LogP contribution in [0, 0.1) is 5.92 Å². The van der Waals surface area contributed by atoms with Crippen molar-refractivity contribution in [3.63, 3.8) is 0 Å². The van der Waals surface area contributed by atoms with Gasteiger partial charge >= 0.3 is 11.9 Å². The molecular weight excluding hydrogens is 853 g/mol. The Balaban J connectivity index is 5.14. The van der Waals surface area contributed by atoms with Gasteiger partial charge in [-0.2, -0.15) is 0 Å². The average Bonchev–Trinajstić information content (AvgIpc) is 3.33. The van der Waals surface area contributed by atoms with Crippen molar-refractivity contribution in [2.75, 3.05) is 33.8 Å². The zero-order chi connectivity index (χ0) is 50.7. The van der Waals surface area contributed by atoms with Crippen LogP contribution in [-0.4, -0.2) is 73.6 Å². The van der Waals surface area contributed by atoms with E-state index >= 15 is 0 Å². The van der Waals surface area contributed by atoms with Crippen molar-refractivity contribution in [1.82, 2.24) is 9.80 Å². The van der Waals surface area contributed by atoms with E-state index in [1.54, 1.807) is 0 Å². The Morgan fingerprint density at radius 2 is 0.710 bits per heavy atom. The second kappa shape index (κ2) is 52.7. The van der Waals surface area contributed by atoms with E-state index in [1.807, 2.05) is 0 Å². The average molecular weight is 976 g/mol. The monoisotopic (exact) mass is 975 g/mol. The molecule has 7 nitrogen and oxygen atoms in total. The first kappa shape index (κ1) is 67.4. The van der Waals surface area contributed by atoms with Crippen molar-refractivity contribution < 1.29 is 23.9 Å². The van der Waals surface area contributed by atoms with Gasteiger partial charge in [-0.15, -0.1) is 0 Å². The minimum atomic E-state index is 0.00162. The van der Waals surface area contributed by atoms with Gasteiger partial charge in [0.2, 0.25) is 5.91 Å². The lowest BCUT2D eigenvalue weighted by molar-refractivity contribution is -0.150. The largest absolute Gasteiger partial charge is 0.465 e. The number of hydrogen-bond acceptors (Lipinski definition) is 6. The molecule has 0 rings (SSSR count). The number of esters is 2. The zero-order valence-electron chi connectivity index (χ0n) is 47.8. The molecule has 7 heteroatoms. The van der Waals surface area contributed by atoms with Gasteiger partial charge in [0.15, 0.2) is 0 Å². The molecule has 0 heterocycles. The van der Waals surface area contributed by atoms with Gasteiger partial charge in [0.25, 0.3) is 0 Å². The molecule has 2 unspecified atom stereocenters. The number of carbonyl (C=O) groups is 3. The Hall–Kier alpha value is -1.63. The third-order valence-electron chi connectivity index (χ3n) is 14.8. The fraction of sp³-hybridized carbons (Fsp3) is 0.952. The van der Waals surface area contributed by atoms with Crippen LogP contribution < -0.4 is 0 Å². The smallest absolute Gasteiger partial charge is 0.306 e. The molecule has 69 heavy (non-hydrogen) atoms. The lowest BCUT2D eigenvalue weighted by Gasteiger charge is -2.33. The van der Waals surface area contributed by atoms with Gasteiger partial charge in [-0.05, 0) is 110 Å². The van der Waals surface area contributed by atoms with Crippen molar-refractivity contribution in [3.05, 3.63) is 0 Å². The summed E-state index contributed by atoms with van der Waals surface area (Å²) in [7, 11) is 4.25. The van der Waals surface area contributed by atoms with E-state index in [0.717, 1.165) is 90.1 Å². The SMILES string of the molecule is CCCCCCCCCN(C(=O)CCCCN(C)C)C(CCCCCCCCC(=O)OCC(CCCCC)CCCCCCC)CCCCCCCCC(=O)OC(CCCCCC)CCCCCC. The van der Waals surface area contributed by atoms with Crippen molar-refractivity contribution in [1.29, 1.82) is 0 Å². The van der Waals surface area contributed by atoms with Crippen molar-refractivity contribution in [2.45, 2.75) is 342 Å². The highest BCUT2D eigenvalue weighted by Crippen LogP contribution is 2.24. The van der Waals surface area contributed by atoms with Crippen LogP contribution >= 0.6 is 0 Å². The van der Waals surface area contributed by atoms with E-state index in [1.165, 1.54) is 199 Å². The Kier molecular flexibility index (Phi) is 51.4. The van der Waals surface area contributed by atoms with E-state index in [-0.39, 0.29) is 18.0 Å². The minimum Gasteiger partial charge on any atom is -0.465 e. The van der Waals surface area contributed by atoms with Gasteiger partial charge < -0.3 is 19.3 Å². The van der Waals surface area contributed by atoms with E-state index in [9.17, 15) is 14.4 Å². The second-order valence-corrected chi connectivity index (χ2v) is 22.0. The van der Waals surface area contributed by atoms with E-state index < -0.39 is 0 Å². The molecule has 0 aromatic rings. The van der Waals surface area contributed by atoms with E-state index in [4.69, 9.17) is 9.47 Å². The maximum Gasteiger partial charge on any atom is 0.306 e. The molecule has 0 aliphatic carbocycles. The van der Waals surface area contributed by atoms with E-state index in [2.05, 4.69) is 58.5 Å². The summed E-state index contributed by atoms with van der Waals surface area (Å²) in [5, 5.41) is 0. The number of ether oxygens (including phenoxy) is 2. The molecule has 0 radical (unpaired) electrons. The maximum absolute atomic E-state index is 14.0. The molecule has 0 aromatic heterocycles. The summed E-state index contributed by atoms with van der Waals surface area (Å²) in [6.07, 6.45) is 53.0. The summed E-state index contributed by atoms with van der Waals surface area (Å²) in [5.74, 6) is 0.923. The van der Waals surface area contributed by atoms with Crippen molar-refractivity contribution >= 4 is 17.8 Å². The van der Waals surface area contributed by atoms with Crippen LogP contribution in [0.4, 0.5) is 0 Å². The van der Waals surface area contributed by atoms with E-state index in [0.29, 0.717) is 43.7 Å². The quantitative estimate of drug-likeness (QED) is 0.0446. The predicted molar refractivity (Wildman–Crippen MR) is 299 cm³/mol. The molecule has 0 aromatic carbocycles. The Bertz CT molecular complexity index is 1090. The van der Waals surface area contributed by atoms with Crippen LogP contribution in [0.25, 0.3) is 0 Å². The molecule has 2 atom stereocenters. The second-order valence-electron chi connectivity index (χ2n) is 22.0. The minimum absolute atomic E-state index is 0.00162. The summed E-state index contributed by atoms with van der Waals surface area (Å²) >= 11 is 0. The Morgan fingerprint density at radius 1 is 0.362 bits per heavy atom. The topological polar surface area (TPSA) is 76.2 Å². The molecular formula is C62H122N2O5. The first-order chi connectivity index (χ1) is 33.7. The predicted octanol–water partition coefficient (Wildman–Crippen LogP) is 18.9. The highest BCUT2D eigenvalue weighted by atomic mass is 16.5. The molecule has 0 N–H and O–H groups in total. The molecule has 410 valence electrons. The molecule has 0 saturated heterocycles. The first-order valence-electron chi connectivity index (χ1n) is 31.0. The van der Waals surface area contributed by atoms with Gasteiger partial charge in [0, 0.05) is 31.8 Å². The third kappa shape index (κ3) is 45.9. The van der Waals surface area contributed by atoms with Crippen LogP contribution in [0.1, 0.15) is 330 Å². The molecule has 0 bridgehead atoms. The summed E-state index contributed by atoms with van der Waals surface area (Å²) < 4.78 is 11.9. The van der Waals surface area contributed by atoms with Crippen LogP contribution in [0.15, 0.2) is 0 Å². The third-order valence-corrected chi connectivity index (χ3v) is 14.8. The number of hydrogen-bond donors (Lipinski definition) is 0. The molecule has 0 aliphatic heterocycles. The number of unbranched alkanes of at least 4 members (excludes halogenated alkanes) is 29. The standard InChI is InChI=1S/C62H122N2O5/c1-8-13-18-22-27-33-43-55-64(60(65)51-42-44-54-63(6)7)58(48-37-30-24-26-32-41-53-62(67)69-59(49-38-20-15-10-3)50-39-21-16-11-4)47-36-29-23-25-31-40-52-61(66)68-56-57(45-34-17-12-5)46-35-28-19-14-9-2/h57-59H,8-56H2,1-7H3. The lowest BCUT2D eigenvalue weighted by Crippen LogP contribution is -2.41. The summed E-state index contributed by atoms with van der Waals surface area (Å²) in [6, 6.07) is 0.329. The van der Waals surface area contributed by atoms with Crippen LogP contribution in [-0.2, 0) is 23.9 Å². The maximum atomic E-state index is 14.0. The Morgan fingerprint density at radius 3 is 1.20 bits per heavy atom. The van der Waals surface area contributed by atoms with Crippen molar-refractivity contribution in [3.8, 4) is 0 Å². The normalized spacial score (nSPS) is 12.5. The van der Waals surface area contributed by atoms with Crippen LogP contribution in [0.2, 0.25) is 0 Å². The number of nitrogens with zero attached hydrogens (tertiary/aromatic N) is 2. The number of rotatable bonds is 55. The highest BCUT2D eigenvalue weighted by molar-refractivity contribution is 5.76. The summed E-state index contributed by atoms with van der Waals surface area (Å²) in [6.45, 7) is 13.9. The first-order valence-corrected chi connectivity index (χ1v) is 31.0. The van der Waals surface area contributed by atoms with Gasteiger partial charge in [-0.1, -0.05) is 227 Å². The van der Waals surface area contributed by atoms with Crippen molar-refractivity contribution in [2.24, 2.45) is 5.92 Å². The molecule has 0 spiro atoms. The van der Waals surface area contributed by atoms with Gasteiger partial charge in [0.1, 0.15) is 6.10 Å². The number of amides is 1. The molecule has 0 aliphatic rings. The number of carbonyl (C=O) groups excluding carboxylic acids is 3.